The quantitative estimate of drug-likeness (QED) is 0.659. The van der Waals surface area contributed by atoms with Gasteiger partial charge in [0.2, 0.25) is 11.2 Å². The van der Waals surface area contributed by atoms with E-state index in [0.717, 1.165) is 0 Å². The second-order valence-corrected chi connectivity index (χ2v) is 4.13. The van der Waals surface area contributed by atoms with Crippen LogP contribution in [0.3, 0.4) is 0 Å². The van der Waals surface area contributed by atoms with Gasteiger partial charge in [0.05, 0.1) is 7.11 Å². The fourth-order valence-electron chi connectivity index (χ4n) is 1.77. The van der Waals surface area contributed by atoms with E-state index in [1.54, 1.807) is 26.3 Å². The van der Waals surface area contributed by atoms with Crippen molar-refractivity contribution in [2.45, 2.75) is 0 Å². The fraction of sp³-hybridized carbons (Fsp3) is 0.133. The van der Waals surface area contributed by atoms with Crippen molar-refractivity contribution < 1.29 is 9.53 Å². The number of methoxy groups -OCH3 is 1. The Hall–Kier alpha value is -2.89. The Morgan fingerprint density at radius 1 is 1.33 bits per heavy atom. The summed E-state index contributed by atoms with van der Waals surface area (Å²) in [6.07, 6.45) is 4.21. The number of allylic oxidation sites excluding steroid dienone is 1. The highest BCUT2D eigenvalue weighted by Gasteiger charge is 2.12. The maximum absolute atomic E-state index is 11.9. The number of carbonyl (C=O) groups is 1. The molecule has 0 bridgehead atoms. The van der Waals surface area contributed by atoms with Gasteiger partial charge in [0.15, 0.2) is 5.69 Å². The van der Waals surface area contributed by atoms with E-state index in [9.17, 15) is 9.59 Å². The minimum Gasteiger partial charge on any atom is -0.494 e. The zero-order valence-corrected chi connectivity index (χ0v) is 11.7. The number of benzene rings is 1. The van der Waals surface area contributed by atoms with Crippen LogP contribution in [-0.2, 0) is 0 Å². The molecular formula is C15H15N3O3. The first-order valence-electron chi connectivity index (χ1n) is 6.29. The Labute approximate surface area is 121 Å². The number of ketones is 1. The van der Waals surface area contributed by atoms with E-state index in [1.807, 2.05) is 12.1 Å². The van der Waals surface area contributed by atoms with Gasteiger partial charge in [-0.3, -0.25) is 9.59 Å². The second kappa shape index (κ2) is 6.51. The maximum atomic E-state index is 11.9. The van der Waals surface area contributed by atoms with E-state index >= 15 is 0 Å². The Kier molecular flexibility index (Phi) is 4.50. The third-order valence-electron chi connectivity index (χ3n) is 2.77. The van der Waals surface area contributed by atoms with Crippen molar-refractivity contribution in [3.8, 4) is 11.4 Å². The Bertz CT molecular complexity index is 735. The normalized spacial score (nSPS) is 10.6. The molecule has 0 spiro atoms. The van der Waals surface area contributed by atoms with E-state index in [2.05, 4.69) is 10.4 Å². The van der Waals surface area contributed by atoms with Crippen LogP contribution in [0.5, 0.6) is 5.75 Å². The molecule has 108 valence electrons. The highest BCUT2D eigenvalue weighted by molar-refractivity contribution is 6.02. The molecule has 6 heteroatoms. The van der Waals surface area contributed by atoms with E-state index in [-0.39, 0.29) is 5.69 Å². The maximum Gasteiger partial charge on any atom is 0.211 e. The molecule has 1 aromatic carbocycles. The number of ether oxygens (including phenoxy) is 1. The van der Waals surface area contributed by atoms with Gasteiger partial charge in [0.1, 0.15) is 11.4 Å². The van der Waals surface area contributed by atoms with Crippen LogP contribution in [0.1, 0.15) is 10.5 Å². The minimum absolute atomic E-state index is 0.144. The van der Waals surface area contributed by atoms with Crippen LogP contribution in [-0.4, -0.2) is 29.7 Å². The second-order valence-electron chi connectivity index (χ2n) is 4.13. The lowest BCUT2D eigenvalue weighted by Gasteiger charge is -2.10. The summed E-state index contributed by atoms with van der Waals surface area (Å²) in [4.78, 5) is 23.7. The predicted octanol–water partition coefficient (Wildman–Crippen LogP) is 1.16. The summed E-state index contributed by atoms with van der Waals surface area (Å²) in [5.74, 6) is 0.136. The minimum atomic E-state index is -0.460. The van der Waals surface area contributed by atoms with Crippen LogP contribution in [0.25, 0.3) is 5.69 Å². The van der Waals surface area contributed by atoms with Gasteiger partial charge in [-0.05, 0) is 12.1 Å². The third-order valence-corrected chi connectivity index (χ3v) is 2.77. The van der Waals surface area contributed by atoms with Gasteiger partial charge in [-0.25, -0.2) is 4.68 Å². The molecule has 0 aliphatic carbocycles. The van der Waals surface area contributed by atoms with Gasteiger partial charge in [-0.15, -0.1) is 0 Å². The molecule has 0 aliphatic rings. The lowest BCUT2D eigenvalue weighted by atomic mass is 10.2. The summed E-state index contributed by atoms with van der Waals surface area (Å²) in [7, 11) is 3.21. The molecule has 0 fully saturated rings. The highest BCUT2D eigenvalue weighted by Crippen LogP contribution is 2.20. The van der Waals surface area contributed by atoms with Crippen molar-refractivity contribution in [3.63, 3.8) is 0 Å². The highest BCUT2D eigenvalue weighted by atomic mass is 16.5. The van der Waals surface area contributed by atoms with Crippen molar-refractivity contribution in [3.05, 3.63) is 64.7 Å². The zero-order chi connectivity index (χ0) is 15.2. The lowest BCUT2D eigenvalue weighted by molar-refractivity contribution is 0.103. The Balaban J connectivity index is 2.50. The van der Waals surface area contributed by atoms with Crippen LogP contribution >= 0.6 is 0 Å². The van der Waals surface area contributed by atoms with Gasteiger partial charge >= 0.3 is 0 Å². The summed E-state index contributed by atoms with van der Waals surface area (Å²) in [5.41, 5.74) is 0.0773. The molecule has 0 atom stereocenters. The standard InChI is InChI=1S/C15H15N3O3/c1-16-9-7-12(19)15-13(20)8-10-18(17-15)11-5-3-4-6-14(11)21-2/h3-10,16H,1-2H3/b9-7+. The van der Waals surface area contributed by atoms with Gasteiger partial charge in [0, 0.05) is 31.6 Å². The van der Waals surface area contributed by atoms with Gasteiger partial charge in [-0.2, -0.15) is 5.10 Å². The van der Waals surface area contributed by atoms with Crippen LogP contribution < -0.4 is 15.5 Å². The molecule has 1 aromatic heterocycles. The van der Waals surface area contributed by atoms with E-state index in [1.165, 1.54) is 29.2 Å². The molecule has 0 amide bonds. The molecule has 1 heterocycles. The molecule has 2 aromatic rings. The van der Waals surface area contributed by atoms with Gasteiger partial charge < -0.3 is 10.1 Å². The summed E-state index contributed by atoms with van der Waals surface area (Å²) in [6.45, 7) is 0. The van der Waals surface area contributed by atoms with E-state index in [0.29, 0.717) is 11.4 Å². The average Bonchev–Trinajstić information content (AvgIpc) is 2.53. The number of rotatable bonds is 5. The summed E-state index contributed by atoms with van der Waals surface area (Å²) < 4.78 is 6.69. The molecule has 0 saturated carbocycles. The lowest BCUT2D eigenvalue weighted by Crippen LogP contribution is -2.20. The number of carbonyl (C=O) groups excluding carboxylic acids is 1. The largest absolute Gasteiger partial charge is 0.494 e. The van der Waals surface area contributed by atoms with Crippen LogP contribution in [0.2, 0.25) is 0 Å². The zero-order valence-electron chi connectivity index (χ0n) is 11.7. The summed E-state index contributed by atoms with van der Waals surface area (Å²) in [5, 5.41) is 6.79. The number of nitrogens with zero attached hydrogens (tertiary/aromatic N) is 2. The molecule has 0 saturated heterocycles. The topological polar surface area (TPSA) is 73.2 Å². The molecule has 21 heavy (non-hydrogen) atoms. The fourth-order valence-corrected chi connectivity index (χ4v) is 1.77. The van der Waals surface area contributed by atoms with Crippen molar-refractivity contribution in [2.24, 2.45) is 0 Å². The molecule has 1 N–H and O–H groups in total. The van der Waals surface area contributed by atoms with Crippen LogP contribution in [0, 0.1) is 0 Å². The van der Waals surface area contributed by atoms with Crippen LogP contribution in [0.15, 0.2) is 53.6 Å². The first-order valence-corrected chi connectivity index (χ1v) is 6.29. The SMILES string of the molecule is CN/C=C/C(=O)c1nn(-c2ccccc2OC)ccc1=O. The van der Waals surface area contributed by atoms with Crippen molar-refractivity contribution >= 4 is 5.78 Å². The van der Waals surface area contributed by atoms with E-state index in [4.69, 9.17) is 4.74 Å². The number of nitrogens with one attached hydrogen (secondary N) is 1. The Morgan fingerprint density at radius 3 is 2.81 bits per heavy atom. The monoisotopic (exact) mass is 285 g/mol. The van der Waals surface area contributed by atoms with Crippen molar-refractivity contribution in [2.75, 3.05) is 14.2 Å². The van der Waals surface area contributed by atoms with E-state index < -0.39 is 11.2 Å². The Morgan fingerprint density at radius 2 is 2.10 bits per heavy atom. The third kappa shape index (κ3) is 3.17. The summed E-state index contributed by atoms with van der Waals surface area (Å²) in [6, 6.07) is 8.51. The van der Waals surface area contributed by atoms with Crippen LogP contribution in [0.4, 0.5) is 0 Å². The first-order chi connectivity index (χ1) is 10.2. The molecule has 0 aliphatic heterocycles. The number of hydrogen-bond donors (Lipinski definition) is 1. The number of aromatic nitrogens is 2. The molecule has 0 radical (unpaired) electrons. The molecule has 0 unspecified atom stereocenters. The predicted molar refractivity (Wildman–Crippen MR) is 78.9 cm³/mol. The molecule has 2 rings (SSSR count). The first kappa shape index (κ1) is 14.5. The molecule has 6 nitrogen and oxygen atoms in total. The average molecular weight is 285 g/mol. The molecular weight excluding hydrogens is 270 g/mol. The van der Waals surface area contributed by atoms with Gasteiger partial charge in [-0.1, -0.05) is 12.1 Å². The van der Waals surface area contributed by atoms with Gasteiger partial charge in [0.25, 0.3) is 0 Å². The smallest absolute Gasteiger partial charge is 0.211 e. The van der Waals surface area contributed by atoms with Crippen molar-refractivity contribution in [1.82, 2.24) is 15.1 Å². The number of para-hydroxylation sites is 2. The van der Waals surface area contributed by atoms with Crippen molar-refractivity contribution in [1.29, 1.82) is 0 Å². The summed E-state index contributed by atoms with van der Waals surface area (Å²) >= 11 is 0. The number of hydrogen-bond acceptors (Lipinski definition) is 5.